The molecular formula is C8H12N2O3S. The molecule has 14 heavy (non-hydrogen) atoms. The molecule has 78 valence electrons. The van der Waals surface area contributed by atoms with Gasteiger partial charge in [-0.25, -0.2) is 8.42 Å². The van der Waals surface area contributed by atoms with E-state index in [0.29, 0.717) is 0 Å². The molecule has 0 saturated heterocycles. The van der Waals surface area contributed by atoms with Gasteiger partial charge < -0.3 is 10.3 Å². The first kappa shape index (κ1) is 10.8. The van der Waals surface area contributed by atoms with Crippen LogP contribution in [0.25, 0.3) is 0 Å². The second kappa shape index (κ2) is 3.83. The summed E-state index contributed by atoms with van der Waals surface area (Å²) in [7, 11) is -3.05. The maximum Gasteiger partial charge on any atom is 0.273 e. The molecule has 0 unspecified atom stereocenters. The molecule has 0 aromatic carbocycles. The summed E-state index contributed by atoms with van der Waals surface area (Å²) in [5.74, 6) is -0.0592. The minimum absolute atomic E-state index is 0.0592. The Morgan fingerprint density at radius 2 is 2.14 bits per heavy atom. The Kier molecular flexibility index (Phi) is 2.95. The lowest BCUT2D eigenvalue weighted by atomic mass is 10.4. The lowest BCUT2D eigenvalue weighted by molar-refractivity contribution is 0.593. The van der Waals surface area contributed by atoms with Crippen LogP contribution < -0.4 is 11.3 Å². The summed E-state index contributed by atoms with van der Waals surface area (Å²) >= 11 is 0. The summed E-state index contributed by atoms with van der Waals surface area (Å²) in [6, 6.07) is 3.10. The lowest BCUT2D eigenvalue weighted by Crippen LogP contribution is -2.25. The maximum atomic E-state index is 11.3. The molecule has 1 heterocycles. The third-order valence-electron chi connectivity index (χ3n) is 1.75. The van der Waals surface area contributed by atoms with Crippen molar-refractivity contribution in [3.8, 4) is 0 Å². The number of anilines is 1. The topological polar surface area (TPSA) is 82.2 Å². The van der Waals surface area contributed by atoms with Crippen molar-refractivity contribution in [2.75, 3.05) is 17.7 Å². The molecule has 1 rings (SSSR count). The van der Waals surface area contributed by atoms with Crippen molar-refractivity contribution in [2.24, 2.45) is 0 Å². The van der Waals surface area contributed by atoms with Crippen LogP contribution in [-0.2, 0) is 16.4 Å². The Balaban J connectivity index is 2.89. The van der Waals surface area contributed by atoms with Gasteiger partial charge in [0.15, 0.2) is 0 Å². The molecule has 0 aliphatic rings. The first-order valence-corrected chi connectivity index (χ1v) is 6.09. The summed E-state index contributed by atoms with van der Waals surface area (Å²) in [5.41, 5.74) is 5.15. The molecule has 2 N–H and O–H groups in total. The average Bonchev–Trinajstić information content (AvgIpc) is 2.06. The second-order valence-electron chi connectivity index (χ2n) is 3.09. The number of aromatic nitrogens is 1. The number of hydrogen-bond donors (Lipinski definition) is 1. The van der Waals surface area contributed by atoms with E-state index in [1.165, 1.54) is 16.8 Å². The van der Waals surface area contributed by atoms with Crippen LogP contribution in [0.15, 0.2) is 23.1 Å². The Hall–Kier alpha value is -1.30. The van der Waals surface area contributed by atoms with Gasteiger partial charge in [-0.2, -0.15) is 0 Å². The smallest absolute Gasteiger partial charge is 0.273 e. The van der Waals surface area contributed by atoms with Gasteiger partial charge in [-0.05, 0) is 12.1 Å². The molecule has 6 heteroatoms. The van der Waals surface area contributed by atoms with Crippen LogP contribution in [0.4, 0.5) is 5.69 Å². The standard InChI is InChI=1S/C8H12N2O3S/c1-14(12,13)6-5-10-4-2-3-7(9)8(10)11/h2-4H,5-6,9H2,1H3. The molecule has 0 spiro atoms. The highest BCUT2D eigenvalue weighted by molar-refractivity contribution is 7.90. The summed E-state index contributed by atoms with van der Waals surface area (Å²) in [4.78, 5) is 11.3. The summed E-state index contributed by atoms with van der Waals surface area (Å²) in [6.45, 7) is 0.142. The minimum Gasteiger partial charge on any atom is -0.394 e. The van der Waals surface area contributed by atoms with E-state index in [4.69, 9.17) is 5.73 Å². The van der Waals surface area contributed by atoms with Gasteiger partial charge in [-0.1, -0.05) is 0 Å². The number of rotatable bonds is 3. The van der Waals surface area contributed by atoms with Crippen LogP contribution in [0.3, 0.4) is 0 Å². The fourth-order valence-electron chi connectivity index (χ4n) is 0.996. The van der Waals surface area contributed by atoms with E-state index in [0.717, 1.165) is 6.26 Å². The van der Waals surface area contributed by atoms with Crippen molar-refractivity contribution >= 4 is 15.5 Å². The SMILES string of the molecule is CS(=O)(=O)CCn1cccc(N)c1=O. The fourth-order valence-corrected chi connectivity index (χ4v) is 1.52. The third kappa shape index (κ3) is 2.88. The third-order valence-corrected chi connectivity index (χ3v) is 2.68. The average molecular weight is 216 g/mol. The van der Waals surface area contributed by atoms with Crippen LogP contribution in [0, 0.1) is 0 Å². The van der Waals surface area contributed by atoms with Gasteiger partial charge in [0.05, 0.1) is 11.4 Å². The first-order chi connectivity index (χ1) is 6.40. The van der Waals surface area contributed by atoms with Crippen LogP contribution >= 0.6 is 0 Å². The van der Waals surface area contributed by atoms with Gasteiger partial charge in [0.25, 0.3) is 5.56 Å². The van der Waals surface area contributed by atoms with Crippen molar-refractivity contribution in [1.29, 1.82) is 0 Å². The highest BCUT2D eigenvalue weighted by Crippen LogP contribution is 1.93. The maximum absolute atomic E-state index is 11.3. The molecule has 0 radical (unpaired) electrons. The molecule has 0 fully saturated rings. The second-order valence-corrected chi connectivity index (χ2v) is 5.35. The Labute approximate surface area is 82.1 Å². The first-order valence-electron chi connectivity index (χ1n) is 4.03. The molecule has 0 aliphatic heterocycles. The van der Waals surface area contributed by atoms with Crippen LogP contribution in [0.5, 0.6) is 0 Å². The zero-order chi connectivity index (χ0) is 10.8. The monoisotopic (exact) mass is 216 g/mol. The predicted octanol–water partition coefficient (Wildman–Crippen LogP) is -0.525. The minimum atomic E-state index is -3.05. The van der Waals surface area contributed by atoms with E-state index in [9.17, 15) is 13.2 Å². The molecule has 0 amide bonds. The number of hydrogen-bond acceptors (Lipinski definition) is 4. The summed E-state index contributed by atoms with van der Waals surface area (Å²) in [6.07, 6.45) is 2.65. The van der Waals surface area contributed by atoms with Gasteiger partial charge in [0.1, 0.15) is 9.84 Å². The Morgan fingerprint density at radius 1 is 1.50 bits per heavy atom. The molecular weight excluding hydrogens is 204 g/mol. The molecule has 1 aromatic rings. The number of nitrogen functional groups attached to an aromatic ring is 1. The predicted molar refractivity (Wildman–Crippen MR) is 54.8 cm³/mol. The fraction of sp³-hybridized carbons (Fsp3) is 0.375. The zero-order valence-corrected chi connectivity index (χ0v) is 8.62. The molecule has 0 aliphatic carbocycles. The van der Waals surface area contributed by atoms with Crippen LogP contribution in [-0.4, -0.2) is 25.0 Å². The van der Waals surface area contributed by atoms with Crippen molar-refractivity contribution in [1.82, 2.24) is 4.57 Å². The van der Waals surface area contributed by atoms with Crippen LogP contribution in [0.2, 0.25) is 0 Å². The van der Waals surface area contributed by atoms with E-state index in [1.807, 2.05) is 0 Å². The lowest BCUT2D eigenvalue weighted by Gasteiger charge is -2.04. The Bertz CT molecular complexity index is 476. The van der Waals surface area contributed by atoms with Crippen molar-refractivity contribution in [3.63, 3.8) is 0 Å². The molecule has 0 atom stereocenters. The molecule has 0 bridgehead atoms. The number of nitrogens with zero attached hydrogens (tertiary/aromatic N) is 1. The molecule has 1 aromatic heterocycles. The van der Waals surface area contributed by atoms with Gasteiger partial charge >= 0.3 is 0 Å². The molecule has 0 saturated carbocycles. The Morgan fingerprint density at radius 3 is 2.71 bits per heavy atom. The van der Waals surface area contributed by atoms with Gasteiger partial charge in [0, 0.05) is 19.0 Å². The number of pyridine rings is 1. The van der Waals surface area contributed by atoms with Crippen molar-refractivity contribution in [3.05, 3.63) is 28.7 Å². The highest BCUT2D eigenvalue weighted by atomic mass is 32.2. The van der Waals surface area contributed by atoms with Crippen LogP contribution in [0.1, 0.15) is 0 Å². The van der Waals surface area contributed by atoms with Crippen molar-refractivity contribution < 1.29 is 8.42 Å². The summed E-state index contributed by atoms with van der Waals surface area (Å²) in [5, 5.41) is 0. The quantitative estimate of drug-likeness (QED) is 0.736. The number of aryl methyl sites for hydroxylation is 1. The van der Waals surface area contributed by atoms with E-state index >= 15 is 0 Å². The largest absolute Gasteiger partial charge is 0.394 e. The number of nitrogens with two attached hydrogens (primary N) is 1. The summed E-state index contributed by atoms with van der Waals surface area (Å²) < 4.78 is 23.0. The molecule has 5 nitrogen and oxygen atoms in total. The van der Waals surface area contributed by atoms with Gasteiger partial charge in [-0.15, -0.1) is 0 Å². The van der Waals surface area contributed by atoms with E-state index in [2.05, 4.69) is 0 Å². The van der Waals surface area contributed by atoms with E-state index in [-0.39, 0.29) is 23.5 Å². The normalized spacial score (nSPS) is 11.5. The van der Waals surface area contributed by atoms with E-state index in [1.54, 1.807) is 6.07 Å². The highest BCUT2D eigenvalue weighted by Gasteiger charge is 2.04. The van der Waals surface area contributed by atoms with Gasteiger partial charge in [0.2, 0.25) is 0 Å². The van der Waals surface area contributed by atoms with Gasteiger partial charge in [-0.3, -0.25) is 4.79 Å². The van der Waals surface area contributed by atoms with E-state index < -0.39 is 9.84 Å². The zero-order valence-electron chi connectivity index (χ0n) is 7.80. The number of sulfone groups is 1. The van der Waals surface area contributed by atoms with Crippen molar-refractivity contribution in [2.45, 2.75) is 6.54 Å².